The molecule has 2 aliphatic heterocycles. The minimum atomic E-state index is -2.81. The Morgan fingerprint density at radius 3 is 2.47 bits per heavy atom. The Bertz CT molecular complexity index is 366. The predicted octanol–water partition coefficient (Wildman–Crippen LogP) is -1.48. The van der Waals surface area contributed by atoms with Gasteiger partial charge in [-0.05, 0) is 38.8 Å². The number of hydrogen-bond donors (Lipinski definition) is 4. The number of rotatable bonds is 4. The molecule has 19 heavy (non-hydrogen) atoms. The van der Waals surface area contributed by atoms with E-state index in [9.17, 15) is 13.2 Å². The van der Waals surface area contributed by atoms with Gasteiger partial charge >= 0.3 is 0 Å². The van der Waals surface area contributed by atoms with E-state index in [0.717, 1.165) is 25.9 Å². The fraction of sp³-hybridized carbons (Fsp3) is 0.909. The molecule has 2 saturated heterocycles. The van der Waals surface area contributed by atoms with Crippen molar-refractivity contribution in [1.29, 1.82) is 0 Å². The third kappa shape index (κ3) is 4.72. The van der Waals surface area contributed by atoms with Crippen molar-refractivity contribution in [2.24, 2.45) is 0 Å². The number of nitrogens with one attached hydrogen (secondary N) is 3. The molecule has 2 aliphatic rings. The van der Waals surface area contributed by atoms with Crippen LogP contribution in [0.5, 0.6) is 0 Å². The Labute approximate surface area is 114 Å². The van der Waals surface area contributed by atoms with Gasteiger partial charge in [0.15, 0.2) is 0 Å². The fourth-order valence-electron chi connectivity index (χ4n) is 2.53. The van der Waals surface area contributed by atoms with Crippen molar-refractivity contribution >= 4 is 16.9 Å². The third-order valence-corrected chi connectivity index (χ3v) is 4.08. The van der Waals surface area contributed by atoms with Crippen molar-refractivity contribution in [2.75, 3.05) is 19.6 Å². The van der Waals surface area contributed by atoms with Crippen molar-refractivity contribution in [1.82, 2.24) is 16.0 Å². The first-order valence-electron chi connectivity index (χ1n) is 6.71. The van der Waals surface area contributed by atoms with E-state index in [1.165, 1.54) is 0 Å². The summed E-state index contributed by atoms with van der Waals surface area (Å²) in [5.41, 5.74) is 0. The average Bonchev–Trinajstić information content (AvgIpc) is 2.40. The second-order valence-electron chi connectivity index (χ2n) is 5.02. The topological polar surface area (TPSA) is 96.5 Å². The molecule has 2 fully saturated rings. The minimum absolute atomic E-state index is 0.0110. The summed E-state index contributed by atoms with van der Waals surface area (Å²) < 4.78 is 25.6. The van der Waals surface area contributed by atoms with Crippen molar-refractivity contribution in [3.8, 4) is 0 Å². The number of hydrogen-bond acceptors (Lipinski definition) is 6. The van der Waals surface area contributed by atoms with Gasteiger partial charge in [-0.15, -0.1) is 0 Å². The highest BCUT2D eigenvalue weighted by Crippen LogP contribution is 2.12. The minimum Gasteiger partial charge on any atom is -0.352 e. The second-order valence-corrected chi connectivity index (χ2v) is 5.68. The number of thiol groups is 1. The van der Waals surface area contributed by atoms with Crippen molar-refractivity contribution < 1.29 is 17.4 Å². The molecule has 1 amide bonds. The van der Waals surface area contributed by atoms with Crippen LogP contribution in [0, 0.1) is 0 Å². The zero-order valence-electron chi connectivity index (χ0n) is 10.8. The molecule has 2 atom stereocenters. The number of carbonyl (C=O) groups is 1. The van der Waals surface area contributed by atoms with Gasteiger partial charge in [0.25, 0.3) is 11.0 Å². The molecule has 3 N–H and O–H groups in total. The standard InChI is InChI=1S/C11H21N3O4S/c15-11(14-8-3-5-12-6-4-8)10-2-1-9(7-13-10)18-19(16)17/h8-10,12-13,19H,1-7H2,(H,14,15). The normalized spacial score (nSPS) is 29.3. The van der Waals surface area contributed by atoms with E-state index in [4.69, 9.17) is 4.18 Å². The van der Waals surface area contributed by atoms with Crippen molar-refractivity contribution in [3.63, 3.8) is 0 Å². The van der Waals surface area contributed by atoms with Crippen LogP contribution in [0.1, 0.15) is 25.7 Å². The van der Waals surface area contributed by atoms with Gasteiger partial charge in [-0.3, -0.25) is 8.98 Å². The lowest BCUT2D eigenvalue weighted by molar-refractivity contribution is -0.124. The van der Waals surface area contributed by atoms with Gasteiger partial charge in [-0.25, -0.2) is 8.42 Å². The van der Waals surface area contributed by atoms with E-state index in [2.05, 4.69) is 16.0 Å². The molecule has 110 valence electrons. The van der Waals surface area contributed by atoms with Crippen LogP contribution in [-0.4, -0.2) is 52.1 Å². The highest BCUT2D eigenvalue weighted by Gasteiger charge is 2.28. The summed E-state index contributed by atoms with van der Waals surface area (Å²) in [6, 6.07) is 0.0138. The van der Waals surface area contributed by atoms with E-state index in [1.807, 2.05) is 0 Å². The largest absolute Gasteiger partial charge is 0.352 e. The van der Waals surface area contributed by atoms with Crippen LogP contribution in [0.15, 0.2) is 0 Å². The van der Waals surface area contributed by atoms with Gasteiger partial charge in [0.2, 0.25) is 5.91 Å². The maximum atomic E-state index is 12.0. The molecule has 0 aromatic rings. The molecule has 0 aromatic carbocycles. The van der Waals surface area contributed by atoms with Gasteiger partial charge < -0.3 is 16.0 Å². The van der Waals surface area contributed by atoms with Crippen LogP contribution in [0.25, 0.3) is 0 Å². The van der Waals surface area contributed by atoms with Gasteiger partial charge in [0.1, 0.15) is 0 Å². The smallest absolute Gasteiger partial charge is 0.257 e. The summed E-state index contributed by atoms with van der Waals surface area (Å²) in [5, 5.41) is 9.34. The van der Waals surface area contributed by atoms with Gasteiger partial charge in [-0.1, -0.05) is 0 Å². The van der Waals surface area contributed by atoms with Crippen molar-refractivity contribution in [2.45, 2.75) is 43.9 Å². The Kier molecular flexibility index (Phi) is 5.56. The number of carbonyl (C=O) groups excluding carboxylic acids is 1. The lowest BCUT2D eigenvalue weighted by Crippen LogP contribution is -2.54. The first-order chi connectivity index (χ1) is 9.15. The molecule has 2 unspecified atom stereocenters. The summed E-state index contributed by atoms with van der Waals surface area (Å²) in [4.78, 5) is 12.0. The summed E-state index contributed by atoms with van der Waals surface area (Å²) in [7, 11) is -2.81. The lowest BCUT2D eigenvalue weighted by atomic mass is 10.0. The monoisotopic (exact) mass is 291 g/mol. The molecule has 0 spiro atoms. The van der Waals surface area contributed by atoms with Crippen LogP contribution < -0.4 is 16.0 Å². The van der Waals surface area contributed by atoms with Crippen LogP contribution in [0.4, 0.5) is 0 Å². The maximum absolute atomic E-state index is 12.0. The molecule has 0 bridgehead atoms. The predicted molar refractivity (Wildman–Crippen MR) is 70.2 cm³/mol. The molecule has 8 heteroatoms. The first-order valence-corrected chi connectivity index (χ1v) is 7.80. The van der Waals surface area contributed by atoms with Gasteiger partial charge in [0.05, 0.1) is 12.1 Å². The van der Waals surface area contributed by atoms with Crippen LogP contribution >= 0.6 is 0 Å². The molecule has 0 saturated carbocycles. The highest BCUT2D eigenvalue weighted by atomic mass is 32.2. The Balaban J connectivity index is 1.72. The van der Waals surface area contributed by atoms with Crippen LogP contribution in [0.2, 0.25) is 0 Å². The number of amides is 1. The SMILES string of the molecule is O=C(NC1CCNCC1)C1CCC(O[SH](=O)=O)CN1. The molecular weight excluding hydrogens is 270 g/mol. The molecule has 2 rings (SSSR count). The first kappa shape index (κ1) is 14.7. The van der Waals surface area contributed by atoms with Gasteiger partial charge in [0, 0.05) is 12.6 Å². The third-order valence-electron chi connectivity index (χ3n) is 3.61. The van der Waals surface area contributed by atoms with Crippen LogP contribution in [0.3, 0.4) is 0 Å². The van der Waals surface area contributed by atoms with E-state index in [0.29, 0.717) is 19.4 Å². The quantitative estimate of drug-likeness (QED) is 0.472. The molecule has 2 heterocycles. The maximum Gasteiger partial charge on any atom is 0.257 e. The Morgan fingerprint density at radius 2 is 1.89 bits per heavy atom. The molecule has 0 aliphatic carbocycles. The fourth-order valence-corrected chi connectivity index (χ4v) is 2.96. The molecule has 7 nitrogen and oxygen atoms in total. The molecule has 0 radical (unpaired) electrons. The van der Waals surface area contributed by atoms with E-state index < -0.39 is 11.0 Å². The van der Waals surface area contributed by atoms with E-state index in [1.54, 1.807) is 0 Å². The average molecular weight is 291 g/mol. The second kappa shape index (κ2) is 7.18. The van der Waals surface area contributed by atoms with Gasteiger partial charge in [-0.2, -0.15) is 0 Å². The Hall–Kier alpha value is -0.700. The van der Waals surface area contributed by atoms with Crippen molar-refractivity contribution in [3.05, 3.63) is 0 Å². The Morgan fingerprint density at radius 1 is 1.16 bits per heavy atom. The molecule has 0 aromatic heterocycles. The molecular formula is C11H21N3O4S. The zero-order chi connectivity index (χ0) is 13.7. The summed E-state index contributed by atoms with van der Waals surface area (Å²) in [6.45, 7) is 2.28. The van der Waals surface area contributed by atoms with E-state index in [-0.39, 0.29) is 24.1 Å². The van der Waals surface area contributed by atoms with Crippen LogP contribution in [-0.2, 0) is 20.0 Å². The highest BCUT2D eigenvalue weighted by molar-refractivity contribution is 7.67. The zero-order valence-corrected chi connectivity index (χ0v) is 11.7. The summed E-state index contributed by atoms with van der Waals surface area (Å²) >= 11 is 0. The summed E-state index contributed by atoms with van der Waals surface area (Å²) in [6.07, 6.45) is 2.76. The number of piperidine rings is 2. The lowest BCUT2D eigenvalue weighted by Gasteiger charge is -2.30. The summed E-state index contributed by atoms with van der Waals surface area (Å²) in [5.74, 6) is 0.0110. The van der Waals surface area contributed by atoms with E-state index >= 15 is 0 Å².